The third kappa shape index (κ3) is 6.71. The summed E-state index contributed by atoms with van der Waals surface area (Å²) in [5.74, 6) is 0. The second kappa shape index (κ2) is 13.3. The van der Waals surface area contributed by atoms with Gasteiger partial charge in [-0.05, 0) is 64.2 Å². The average molecular weight is 466 g/mol. The smallest absolute Gasteiger partial charge is 0.0700 e. The Labute approximate surface area is 171 Å². The van der Waals surface area contributed by atoms with Crippen LogP contribution in [0.4, 0.5) is 0 Å². The fourth-order valence-electron chi connectivity index (χ4n) is 5.64. The summed E-state index contributed by atoms with van der Waals surface area (Å²) in [6.07, 6.45) is 28.0. The summed E-state index contributed by atoms with van der Waals surface area (Å²) < 4.78 is 0. The van der Waals surface area contributed by atoms with Crippen LogP contribution in [0.1, 0.15) is 117 Å². The average Bonchev–Trinajstić information content (AvgIpc) is 2.62. The first kappa shape index (κ1) is 23.2. The van der Waals surface area contributed by atoms with Crippen molar-refractivity contribution in [1.29, 1.82) is 0 Å². The first-order valence-corrected chi connectivity index (χ1v) is 13.5. The molecule has 0 aromatic heterocycles. The molecule has 2 fully saturated rings. The molecule has 2 saturated carbocycles. The third-order valence-corrected chi connectivity index (χ3v) is 13.2. The minimum atomic E-state index is -0.706. The van der Waals surface area contributed by atoms with E-state index in [9.17, 15) is 0 Å². The lowest BCUT2D eigenvalue weighted by molar-refractivity contribution is -0.00000509. The Hall–Kier alpha value is 1.16. The summed E-state index contributed by atoms with van der Waals surface area (Å²) in [6, 6.07) is 0. The number of hydrogen-bond donors (Lipinski definition) is 0. The van der Waals surface area contributed by atoms with Crippen molar-refractivity contribution < 1.29 is 24.0 Å². The zero-order valence-electron chi connectivity index (χ0n) is 16.7. The van der Waals surface area contributed by atoms with Crippen LogP contribution in [0, 0.1) is 0 Å². The van der Waals surface area contributed by atoms with Crippen LogP contribution in [0.25, 0.3) is 0 Å². The highest BCUT2D eigenvalue weighted by Gasteiger charge is 2.50. The Morgan fingerprint density at radius 1 is 0.583 bits per heavy atom. The summed E-state index contributed by atoms with van der Waals surface area (Å²) in [5, 5.41) is 0. The van der Waals surface area contributed by atoms with Crippen molar-refractivity contribution in [2.75, 3.05) is 12.3 Å². The molecule has 0 aromatic rings. The van der Waals surface area contributed by atoms with E-state index in [1.807, 2.05) is 0 Å². The molecule has 24 heavy (non-hydrogen) atoms. The molecule has 2 aliphatic rings. The molecule has 0 N–H and O–H groups in total. The molecular formula is C22H44IP. The minimum Gasteiger partial charge on any atom is -1.00 e. The Morgan fingerprint density at radius 2 is 0.958 bits per heavy atom. The molecule has 2 heteroatoms. The van der Waals surface area contributed by atoms with Crippen molar-refractivity contribution in [1.82, 2.24) is 0 Å². The molecule has 0 spiro atoms. The van der Waals surface area contributed by atoms with Crippen molar-refractivity contribution in [3.63, 3.8) is 0 Å². The van der Waals surface area contributed by atoms with Crippen LogP contribution in [0.5, 0.6) is 0 Å². The van der Waals surface area contributed by atoms with Gasteiger partial charge < -0.3 is 24.0 Å². The minimum absolute atomic E-state index is 0. The highest BCUT2D eigenvalue weighted by molar-refractivity contribution is 7.77. The molecule has 0 unspecified atom stereocenters. The normalized spacial score (nSPS) is 20.8. The molecule has 2 rings (SSSR count). The van der Waals surface area contributed by atoms with E-state index >= 15 is 0 Å². The first-order chi connectivity index (χ1) is 11.3. The van der Waals surface area contributed by atoms with Crippen LogP contribution in [0.15, 0.2) is 0 Å². The van der Waals surface area contributed by atoms with Crippen LogP contribution in [0.3, 0.4) is 0 Å². The van der Waals surface area contributed by atoms with Crippen LogP contribution in [-0.2, 0) is 0 Å². The molecule has 0 radical (unpaired) electrons. The van der Waals surface area contributed by atoms with E-state index in [1.54, 1.807) is 76.5 Å². The highest BCUT2D eigenvalue weighted by atomic mass is 127. The van der Waals surface area contributed by atoms with Crippen molar-refractivity contribution >= 4 is 7.26 Å². The second-order valence-electron chi connectivity index (χ2n) is 8.55. The van der Waals surface area contributed by atoms with Gasteiger partial charge in [0.05, 0.1) is 23.6 Å². The van der Waals surface area contributed by atoms with Gasteiger partial charge in [-0.3, -0.25) is 0 Å². The molecule has 0 nitrogen and oxygen atoms in total. The van der Waals surface area contributed by atoms with Crippen molar-refractivity contribution in [3.8, 4) is 0 Å². The molecule has 0 aliphatic heterocycles. The zero-order valence-corrected chi connectivity index (χ0v) is 19.8. The van der Waals surface area contributed by atoms with Gasteiger partial charge in [-0.2, -0.15) is 0 Å². The predicted molar refractivity (Wildman–Crippen MR) is 109 cm³/mol. The fourth-order valence-corrected chi connectivity index (χ4v) is 12.3. The van der Waals surface area contributed by atoms with Crippen molar-refractivity contribution in [3.05, 3.63) is 0 Å². The molecule has 144 valence electrons. The maximum atomic E-state index is 2.39. The number of halogens is 1. The Kier molecular flexibility index (Phi) is 12.9. The summed E-state index contributed by atoms with van der Waals surface area (Å²) in [7, 11) is -0.706. The number of rotatable bonds is 10. The van der Waals surface area contributed by atoms with E-state index in [1.165, 1.54) is 49.8 Å². The lowest BCUT2D eigenvalue weighted by Crippen LogP contribution is -3.00. The second-order valence-corrected chi connectivity index (χ2v) is 13.1. The quantitative estimate of drug-likeness (QED) is 0.240. The van der Waals surface area contributed by atoms with Gasteiger partial charge in [0, 0.05) is 7.26 Å². The molecule has 0 aromatic carbocycles. The molecule has 0 atom stereocenters. The number of hydrogen-bond acceptors (Lipinski definition) is 0. The van der Waals surface area contributed by atoms with Gasteiger partial charge in [-0.1, -0.05) is 52.4 Å². The van der Waals surface area contributed by atoms with Crippen LogP contribution >= 0.6 is 7.26 Å². The van der Waals surface area contributed by atoms with Crippen LogP contribution < -0.4 is 24.0 Å². The molecule has 0 amide bonds. The van der Waals surface area contributed by atoms with E-state index in [-0.39, 0.29) is 24.0 Å². The van der Waals surface area contributed by atoms with Crippen LogP contribution in [0.2, 0.25) is 0 Å². The summed E-state index contributed by atoms with van der Waals surface area (Å²) >= 11 is 0. The van der Waals surface area contributed by atoms with Crippen molar-refractivity contribution in [2.45, 2.75) is 128 Å². The maximum Gasteiger partial charge on any atom is 0.0700 e. The standard InChI is InChI=1S/C22H44P.HI/c1-3-5-13-19-23(20-14-6-4-2,21-15-9-7-10-16-21)22-17-11-8-12-18-22;/h21-22H,3-20H2,1-2H3;1H/q+1;/p-1. The molecule has 0 bridgehead atoms. The van der Waals surface area contributed by atoms with E-state index in [0.29, 0.717) is 0 Å². The largest absolute Gasteiger partial charge is 1.00 e. The Morgan fingerprint density at radius 3 is 1.29 bits per heavy atom. The monoisotopic (exact) mass is 466 g/mol. The molecule has 0 saturated heterocycles. The molecular weight excluding hydrogens is 422 g/mol. The van der Waals surface area contributed by atoms with Gasteiger partial charge in [0.2, 0.25) is 0 Å². The van der Waals surface area contributed by atoms with E-state index in [4.69, 9.17) is 0 Å². The Bertz CT molecular complexity index is 262. The van der Waals surface area contributed by atoms with E-state index in [2.05, 4.69) is 13.8 Å². The Balaban J connectivity index is 0.00000288. The predicted octanol–water partition coefficient (Wildman–Crippen LogP) is 5.05. The van der Waals surface area contributed by atoms with Crippen molar-refractivity contribution in [2.24, 2.45) is 0 Å². The molecule has 0 heterocycles. The van der Waals surface area contributed by atoms with Gasteiger partial charge in [-0.25, -0.2) is 0 Å². The zero-order chi connectivity index (χ0) is 16.4. The third-order valence-electron chi connectivity index (χ3n) is 6.96. The molecule has 2 aliphatic carbocycles. The lowest BCUT2D eigenvalue weighted by atomic mass is 9.99. The summed E-state index contributed by atoms with van der Waals surface area (Å²) in [5.41, 5.74) is 2.38. The maximum absolute atomic E-state index is 2.39. The topological polar surface area (TPSA) is 0 Å². The summed E-state index contributed by atoms with van der Waals surface area (Å²) in [4.78, 5) is 0. The van der Waals surface area contributed by atoms with Gasteiger partial charge >= 0.3 is 0 Å². The first-order valence-electron chi connectivity index (χ1n) is 11.2. The SMILES string of the molecule is CCCCC[P+](CCCCC)(C1CCCCC1)C1CCCCC1.[I-]. The fraction of sp³-hybridized carbons (Fsp3) is 1.00. The van der Waals surface area contributed by atoms with Gasteiger partial charge in [0.1, 0.15) is 0 Å². The lowest BCUT2D eigenvalue weighted by Gasteiger charge is -2.44. The van der Waals surface area contributed by atoms with E-state index < -0.39 is 7.26 Å². The van der Waals surface area contributed by atoms with E-state index in [0.717, 1.165) is 0 Å². The van der Waals surface area contributed by atoms with Crippen LogP contribution in [-0.4, -0.2) is 23.6 Å². The number of unbranched alkanes of at least 4 members (excludes halogenated alkanes) is 4. The van der Waals surface area contributed by atoms with Gasteiger partial charge in [-0.15, -0.1) is 0 Å². The van der Waals surface area contributed by atoms with Gasteiger partial charge in [0.15, 0.2) is 0 Å². The summed E-state index contributed by atoms with van der Waals surface area (Å²) in [6.45, 7) is 4.77. The van der Waals surface area contributed by atoms with Gasteiger partial charge in [0.25, 0.3) is 0 Å². The highest BCUT2D eigenvalue weighted by Crippen LogP contribution is 2.73.